The zero-order chi connectivity index (χ0) is 22.2. The third-order valence-corrected chi connectivity index (χ3v) is 5.36. The minimum Gasteiger partial charge on any atom is -0.480 e. The maximum Gasteiger partial charge on any atom is 0.349 e. The van der Waals surface area contributed by atoms with Crippen molar-refractivity contribution < 1.29 is 23.8 Å². The van der Waals surface area contributed by atoms with Crippen molar-refractivity contribution in [3.05, 3.63) is 92.4 Å². The van der Waals surface area contributed by atoms with E-state index in [-0.39, 0.29) is 6.61 Å². The molecule has 7 heteroatoms. The number of halogens is 2. The summed E-state index contributed by atoms with van der Waals surface area (Å²) >= 11 is 6.82. The third kappa shape index (κ3) is 6.94. The molecule has 0 fully saturated rings. The number of carbonyl (C=O) groups is 2. The molecule has 0 atom stereocenters. The lowest BCUT2D eigenvalue weighted by atomic mass is 10.2. The zero-order valence-corrected chi connectivity index (χ0v) is 19.9. The number of rotatable bonds is 8. The van der Waals surface area contributed by atoms with Gasteiger partial charge in [-0.1, -0.05) is 46.3 Å². The Balaban J connectivity index is 1.47. The van der Waals surface area contributed by atoms with Crippen LogP contribution in [0.4, 0.5) is 0 Å². The van der Waals surface area contributed by atoms with Gasteiger partial charge in [0, 0.05) is 10.9 Å². The monoisotopic (exact) mass is 546 g/mol. The van der Waals surface area contributed by atoms with Crippen LogP contribution in [-0.2, 0) is 16.0 Å². The second-order valence-corrected chi connectivity index (χ2v) is 8.46. The fourth-order valence-electron chi connectivity index (χ4n) is 2.81. The zero-order valence-electron chi connectivity index (χ0n) is 16.8. The average Bonchev–Trinajstić information content (AvgIpc) is 2.74. The molecule has 3 aromatic rings. The predicted molar refractivity (Wildman–Crippen MR) is 125 cm³/mol. The van der Waals surface area contributed by atoms with E-state index in [1.54, 1.807) is 24.3 Å². The Morgan fingerprint density at radius 1 is 0.935 bits per heavy atom. The molecule has 0 saturated heterocycles. The summed E-state index contributed by atoms with van der Waals surface area (Å²) in [6.07, 6.45) is 0.649. The van der Waals surface area contributed by atoms with Gasteiger partial charge >= 0.3 is 11.9 Å². The van der Waals surface area contributed by atoms with Gasteiger partial charge in [0.1, 0.15) is 11.5 Å². The molecule has 0 heterocycles. The van der Waals surface area contributed by atoms with Crippen LogP contribution >= 0.6 is 31.9 Å². The molecule has 0 unspecified atom stereocenters. The lowest BCUT2D eigenvalue weighted by Gasteiger charge is -2.11. The van der Waals surface area contributed by atoms with Crippen LogP contribution in [0.1, 0.15) is 21.5 Å². The van der Waals surface area contributed by atoms with E-state index in [1.165, 1.54) is 0 Å². The van der Waals surface area contributed by atoms with Crippen molar-refractivity contribution in [2.45, 2.75) is 13.3 Å². The highest BCUT2D eigenvalue weighted by atomic mass is 79.9. The van der Waals surface area contributed by atoms with E-state index < -0.39 is 11.9 Å². The van der Waals surface area contributed by atoms with Gasteiger partial charge in [-0.15, -0.1) is 0 Å². The van der Waals surface area contributed by atoms with E-state index >= 15 is 0 Å². The van der Waals surface area contributed by atoms with Crippen LogP contribution in [0.2, 0.25) is 0 Å². The van der Waals surface area contributed by atoms with Gasteiger partial charge in [-0.05, 0) is 70.4 Å². The summed E-state index contributed by atoms with van der Waals surface area (Å²) in [7, 11) is 0. The number of benzene rings is 3. The van der Waals surface area contributed by atoms with Gasteiger partial charge in [0.2, 0.25) is 0 Å². The average molecular weight is 548 g/mol. The van der Waals surface area contributed by atoms with Crippen molar-refractivity contribution in [3.63, 3.8) is 0 Å². The molecule has 0 aliphatic rings. The molecule has 160 valence electrons. The summed E-state index contributed by atoms with van der Waals surface area (Å²) in [5.74, 6) is -0.0742. The van der Waals surface area contributed by atoms with Crippen LogP contribution in [0.25, 0.3) is 0 Å². The summed E-state index contributed by atoms with van der Waals surface area (Å²) in [6, 6.07) is 19.7. The molecule has 0 bridgehead atoms. The molecule has 0 N–H and O–H groups in total. The van der Waals surface area contributed by atoms with Crippen LogP contribution in [0, 0.1) is 6.92 Å². The first-order chi connectivity index (χ1) is 14.9. The van der Waals surface area contributed by atoms with E-state index in [0.717, 1.165) is 20.1 Å². The Morgan fingerprint density at radius 3 is 2.32 bits per heavy atom. The molecular formula is C24H20Br2O5. The van der Waals surface area contributed by atoms with E-state index in [2.05, 4.69) is 31.9 Å². The first-order valence-electron chi connectivity index (χ1n) is 9.52. The van der Waals surface area contributed by atoms with Crippen molar-refractivity contribution in [2.75, 3.05) is 13.2 Å². The minimum absolute atomic E-state index is 0.246. The molecular weight excluding hydrogens is 528 g/mol. The van der Waals surface area contributed by atoms with Crippen LogP contribution < -0.4 is 9.47 Å². The Labute approximate surface area is 197 Å². The van der Waals surface area contributed by atoms with Gasteiger partial charge in [0.25, 0.3) is 0 Å². The van der Waals surface area contributed by atoms with E-state index in [0.29, 0.717) is 30.1 Å². The summed E-state index contributed by atoms with van der Waals surface area (Å²) in [5, 5.41) is 0. The van der Waals surface area contributed by atoms with Crippen molar-refractivity contribution in [1.82, 2.24) is 0 Å². The molecule has 0 saturated carbocycles. The van der Waals surface area contributed by atoms with Crippen molar-refractivity contribution in [2.24, 2.45) is 0 Å². The van der Waals surface area contributed by atoms with E-state index in [1.807, 2.05) is 49.4 Å². The molecule has 3 rings (SSSR count). The summed E-state index contributed by atoms with van der Waals surface area (Å²) < 4.78 is 17.8. The highest BCUT2D eigenvalue weighted by Crippen LogP contribution is 2.32. The first kappa shape index (κ1) is 23.0. The molecule has 0 aliphatic heterocycles. The Bertz CT molecular complexity index is 1030. The van der Waals surface area contributed by atoms with Crippen LogP contribution in [-0.4, -0.2) is 25.2 Å². The van der Waals surface area contributed by atoms with Crippen LogP contribution in [0.15, 0.2) is 75.7 Å². The first-order valence-corrected chi connectivity index (χ1v) is 11.1. The number of esters is 2. The number of hydrogen-bond acceptors (Lipinski definition) is 5. The van der Waals surface area contributed by atoms with Crippen LogP contribution in [0.5, 0.6) is 11.5 Å². The quantitative estimate of drug-likeness (QED) is 0.259. The van der Waals surface area contributed by atoms with Gasteiger partial charge in [-0.2, -0.15) is 0 Å². The van der Waals surface area contributed by atoms with Gasteiger partial charge < -0.3 is 14.2 Å². The summed E-state index contributed by atoms with van der Waals surface area (Å²) in [4.78, 5) is 24.3. The smallest absolute Gasteiger partial charge is 0.349 e. The Morgan fingerprint density at radius 2 is 1.65 bits per heavy atom. The summed E-state index contributed by atoms with van der Waals surface area (Å²) in [5.41, 5.74) is 2.37. The predicted octanol–water partition coefficient (Wildman–Crippen LogP) is 5.90. The summed E-state index contributed by atoms with van der Waals surface area (Å²) in [6.45, 7) is 1.93. The van der Waals surface area contributed by atoms with Crippen molar-refractivity contribution in [3.8, 4) is 11.5 Å². The van der Waals surface area contributed by atoms with Crippen LogP contribution in [0.3, 0.4) is 0 Å². The number of ether oxygens (including phenoxy) is 3. The molecule has 3 aromatic carbocycles. The largest absolute Gasteiger partial charge is 0.480 e. The lowest BCUT2D eigenvalue weighted by Crippen LogP contribution is -2.18. The van der Waals surface area contributed by atoms with Crippen molar-refractivity contribution >= 4 is 43.8 Å². The molecule has 5 nitrogen and oxygen atoms in total. The van der Waals surface area contributed by atoms with E-state index in [4.69, 9.17) is 14.2 Å². The maximum absolute atomic E-state index is 12.2. The Kier molecular flexibility index (Phi) is 8.26. The minimum atomic E-state index is -0.549. The van der Waals surface area contributed by atoms with Crippen molar-refractivity contribution in [1.29, 1.82) is 0 Å². The SMILES string of the molecule is Cc1cc(Br)cc(Br)c1OCC(=O)Oc1ccc(C(=O)OCCc2ccccc2)cc1. The standard InChI is InChI=1S/C24H20Br2O5/c1-16-13-19(25)14-21(26)23(16)30-15-22(27)31-20-9-7-18(8-10-20)24(28)29-12-11-17-5-3-2-4-6-17/h2-10,13-14H,11-12,15H2,1H3. The number of aryl methyl sites for hydroxylation is 1. The highest BCUT2D eigenvalue weighted by Gasteiger charge is 2.12. The molecule has 0 aromatic heterocycles. The number of hydrogen-bond donors (Lipinski definition) is 0. The van der Waals surface area contributed by atoms with Gasteiger partial charge in [-0.3, -0.25) is 0 Å². The molecule has 0 radical (unpaired) electrons. The Hall–Kier alpha value is -2.64. The second kappa shape index (κ2) is 11.1. The molecule has 0 amide bonds. The molecule has 0 aliphatic carbocycles. The molecule has 31 heavy (non-hydrogen) atoms. The topological polar surface area (TPSA) is 61.8 Å². The second-order valence-electron chi connectivity index (χ2n) is 6.69. The van der Waals surface area contributed by atoms with E-state index in [9.17, 15) is 9.59 Å². The lowest BCUT2D eigenvalue weighted by molar-refractivity contribution is -0.136. The molecule has 0 spiro atoms. The highest BCUT2D eigenvalue weighted by molar-refractivity contribution is 9.11. The number of carbonyl (C=O) groups excluding carboxylic acids is 2. The fraction of sp³-hybridized carbons (Fsp3) is 0.167. The van der Waals surface area contributed by atoms with Gasteiger partial charge in [0.15, 0.2) is 6.61 Å². The maximum atomic E-state index is 12.2. The fourth-order valence-corrected chi connectivity index (χ4v) is 4.37. The van der Waals surface area contributed by atoms with Gasteiger partial charge in [-0.25, -0.2) is 9.59 Å². The normalized spacial score (nSPS) is 10.4. The third-order valence-electron chi connectivity index (χ3n) is 4.32. The van der Waals surface area contributed by atoms with Gasteiger partial charge in [0.05, 0.1) is 16.6 Å².